The number of aryl methyl sites for hydroxylation is 1. The molecule has 1 fully saturated rings. The van der Waals surface area contributed by atoms with Crippen LogP contribution in [0.4, 0.5) is 5.69 Å². The van der Waals surface area contributed by atoms with E-state index in [9.17, 15) is 4.79 Å². The number of nitrogens with zero attached hydrogens (tertiary/aromatic N) is 1. The topological polar surface area (TPSA) is 81.5 Å². The van der Waals surface area contributed by atoms with Crippen molar-refractivity contribution >= 4 is 17.8 Å². The lowest BCUT2D eigenvalue weighted by Crippen LogP contribution is -2.12. The zero-order valence-electron chi connectivity index (χ0n) is 9.23. The number of amides is 1. The molecule has 1 amide bonds. The summed E-state index contributed by atoms with van der Waals surface area (Å²) in [4.78, 5) is 15.5. The Kier molecular flexibility index (Phi) is 2.64. The summed E-state index contributed by atoms with van der Waals surface area (Å²) in [5.41, 5.74) is 13.9. The fraction of sp³-hybridized carbons (Fsp3) is 0.333. The second-order valence-corrected chi connectivity index (χ2v) is 4.17. The van der Waals surface area contributed by atoms with Gasteiger partial charge in [0.15, 0.2) is 0 Å². The molecule has 1 aromatic rings. The van der Waals surface area contributed by atoms with Gasteiger partial charge in [-0.3, -0.25) is 9.79 Å². The highest BCUT2D eigenvalue weighted by molar-refractivity contribution is 5.97. The first-order valence-corrected chi connectivity index (χ1v) is 5.31. The molecule has 0 atom stereocenters. The van der Waals surface area contributed by atoms with Crippen molar-refractivity contribution in [1.29, 1.82) is 0 Å². The standard InChI is InChI=1S/C12H15N3O/c1-7-4-8(12(14)16)5-9(11(7)13)6-15-10-2-3-10/h4-6,10H,2-3,13H2,1H3,(H2,14,16). The van der Waals surface area contributed by atoms with Crippen LogP contribution < -0.4 is 11.5 Å². The third-order valence-electron chi connectivity index (χ3n) is 2.67. The quantitative estimate of drug-likeness (QED) is 0.590. The summed E-state index contributed by atoms with van der Waals surface area (Å²) >= 11 is 0. The minimum Gasteiger partial charge on any atom is -0.398 e. The minimum atomic E-state index is -0.441. The summed E-state index contributed by atoms with van der Waals surface area (Å²) in [6.07, 6.45) is 4.03. The largest absolute Gasteiger partial charge is 0.398 e. The third-order valence-corrected chi connectivity index (χ3v) is 2.67. The number of nitrogen functional groups attached to an aromatic ring is 1. The average Bonchev–Trinajstić information content (AvgIpc) is 3.03. The molecule has 0 bridgehead atoms. The van der Waals surface area contributed by atoms with Crippen LogP contribution in [-0.4, -0.2) is 18.2 Å². The normalized spacial score (nSPS) is 15.6. The van der Waals surface area contributed by atoms with E-state index in [1.807, 2.05) is 6.92 Å². The second kappa shape index (κ2) is 3.96. The number of carbonyl (C=O) groups excluding carboxylic acids is 1. The molecular weight excluding hydrogens is 202 g/mol. The van der Waals surface area contributed by atoms with E-state index in [0.29, 0.717) is 17.3 Å². The molecule has 2 rings (SSSR count). The molecule has 0 unspecified atom stereocenters. The molecule has 0 saturated heterocycles. The van der Waals surface area contributed by atoms with E-state index < -0.39 is 5.91 Å². The lowest BCUT2D eigenvalue weighted by Gasteiger charge is -2.06. The van der Waals surface area contributed by atoms with Crippen LogP contribution in [0.25, 0.3) is 0 Å². The summed E-state index contributed by atoms with van der Waals surface area (Å²) in [5.74, 6) is -0.441. The van der Waals surface area contributed by atoms with E-state index in [1.54, 1.807) is 18.3 Å². The highest BCUT2D eigenvalue weighted by atomic mass is 16.1. The van der Waals surface area contributed by atoms with Crippen molar-refractivity contribution in [2.45, 2.75) is 25.8 Å². The van der Waals surface area contributed by atoms with Gasteiger partial charge in [0.1, 0.15) is 0 Å². The predicted molar refractivity (Wildman–Crippen MR) is 64.7 cm³/mol. The van der Waals surface area contributed by atoms with E-state index in [0.717, 1.165) is 24.0 Å². The van der Waals surface area contributed by atoms with E-state index >= 15 is 0 Å². The Morgan fingerprint density at radius 3 is 2.75 bits per heavy atom. The molecule has 4 nitrogen and oxygen atoms in total. The SMILES string of the molecule is Cc1cc(C(N)=O)cc(C=NC2CC2)c1N. The van der Waals surface area contributed by atoms with Crippen LogP contribution in [0.15, 0.2) is 17.1 Å². The number of rotatable bonds is 3. The smallest absolute Gasteiger partial charge is 0.248 e. The minimum absolute atomic E-state index is 0.441. The van der Waals surface area contributed by atoms with Gasteiger partial charge >= 0.3 is 0 Å². The zero-order valence-corrected chi connectivity index (χ0v) is 9.23. The molecule has 4 N–H and O–H groups in total. The summed E-state index contributed by atoms with van der Waals surface area (Å²) in [7, 11) is 0. The summed E-state index contributed by atoms with van der Waals surface area (Å²) < 4.78 is 0. The number of nitrogens with two attached hydrogens (primary N) is 2. The fourth-order valence-corrected chi connectivity index (χ4v) is 1.48. The lowest BCUT2D eigenvalue weighted by atomic mass is 10.0. The molecule has 1 aromatic carbocycles. The number of benzene rings is 1. The first kappa shape index (κ1) is 10.7. The van der Waals surface area contributed by atoms with E-state index in [1.165, 1.54) is 0 Å². The Bertz CT molecular complexity index is 462. The number of carbonyl (C=O) groups is 1. The molecule has 1 aliphatic rings. The van der Waals surface area contributed by atoms with Crippen molar-refractivity contribution in [3.05, 3.63) is 28.8 Å². The van der Waals surface area contributed by atoms with Crippen LogP contribution in [0.1, 0.15) is 34.3 Å². The van der Waals surface area contributed by atoms with Crippen molar-refractivity contribution < 1.29 is 4.79 Å². The first-order valence-electron chi connectivity index (χ1n) is 5.31. The molecule has 0 aliphatic heterocycles. The maximum Gasteiger partial charge on any atom is 0.248 e. The van der Waals surface area contributed by atoms with Crippen molar-refractivity contribution in [2.24, 2.45) is 10.7 Å². The van der Waals surface area contributed by atoms with Crippen LogP contribution in [0.5, 0.6) is 0 Å². The van der Waals surface area contributed by atoms with E-state index in [4.69, 9.17) is 11.5 Å². The summed E-state index contributed by atoms with van der Waals surface area (Å²) in [6.45, 7) is 1.86. The van der Waals surface area contributed by atoms with Gasteiger partial charge in [-0.15, -0.1) is 0 Å². The van der Waals surface area contributed by atoms with Crippen LogP contribution in [0.2, 0.25) is 0 Å². The first-order chi connectivity index (χ1) is 7.58. The van der Waals surface area contributed by atoms with Gasteiger partial charge in [-0.25, -0.2) is 0 Å². The Morgan fingerprint density at radius 2 is 2.19 bits per heavy atom. The Balaban J connectivity index is 2.37. The molecule has 0 heterocycles. The fourth-order valence-electron chi connectivity index (χ4n) is 1.48. The van der Waals surface area contributed by atoms with Gasteiger partial charge in [0, 0.05) is 23.0 Å². The van der Waals surface area contributed by atoms with Gasteiger partial charge in [0.2, 0.25) is 5.91 Å². The van der Waals surface area contributed by atoms with Crippen LogP contribution in [0, 0.1) is 6.92 Å². The molecule has 0 aromatic heterocycles. The number of hydrogen-bond acceptors (Lipinski definition) is 3. The van der Waals surface area contributed by atoms with Crippen molar-refractivity contribution in [1.82, 2.24) is 0 Å². The van der Waals surface area contributed by atoms with Crippen LogP contribution in [-0.2, 0) is 0 Å². The van der Waals surface area contributed by atoms with E-state index in [-0.39, 0.29) is 0 Å². The van der Waals surface area contributed by atoms with Gasteiger partial charge in [0.25, 0.3) is 0 Å². The molecule has 1 aliphatic carbocycles. The number of aliphatic imine (C=N–C) groups is 1. The third kappa shape index (κ3) is 2.21. The lowest BCUT2D eigenvalue weighted by molar-refractivity contribution is 0.1000. The van der Waals surface area contributed by atoms with Gasteiger partial charge in [-0.05, 0) is 37.5 Å². The Hall–Kier alpha value is -1.84. The zero-order chi connectivity index (χ0) is 11.7. The number of primary amides is 1. The molecule has 1 saturated carbocycles. The van der Waals surface area contributed by atoms with Gasteiger partial charge in [-0.1, -0.05) is 0 Å². The maximum absolute atomic E-state index is 11.1. The van der Waals surface area contributed by atoms with Crippen molar-refractivity contribution in [3.8, 4) is 0 Å². The maximum atomic E-state index is 11.1. The Labute approximate surface area is 94.4 Å². The summed E-state index contributed by atoms with van der Waals surface area (Å²) in [5, 5.41) is 0. The highest BCUT2D eigenvalue weighted by Crippen LogP contribution is 2.24. The van der Waals surface area contributed by atoms with Gasteiger partial charge in [0.05, 0.1) is 6.04 Å². The Morgan fingerprint density at radius 1 is 1.50 bits per heavy atom. The monoisotopic (exact) mass is 217 g/mol. The summed E-state index contributed by atoms with van der Waals surface area (Å²) in [6, 6.07) is 3.83. The second-order valence-electron chi connectivity index (χ2n) is 4.17. The van der Waals surface area contributed by atoms with Crippen LogP contribution in [0.3, 0.4) is 0 Å². The predicted octanol–water partition coefficient (Wildman–Crippen LogP) is 1.26. The molecule has 0 spiro atoms. The number of hydrogen-bond donors (Lipinski definition) is 2. The van der Waals surface area contributed by atoms with Gasteiger partial charge < -0.3 is 11.5 Å². The molecule has 16 heavy (non-hydrogen) atoms. The van der Waals surface area contributed by atoms with Crippen LogP contribution >= 0.6 is 0 Å². The molecule has 4 heteroatoms. The highest BCUT2D eigenvalue weighted by Gasteiger charge is 2.19. The van der Waals surface area contributed by atoms with Crippen molar-refractivity contribution in [3.63, 3.8) is 0 Å². The molecular formula is C12H15N3O. The van der Waals surface area contributed by atoms with Gasteiger partial charge in [-0.2, -0.15) is 0 Å². The molecule has 0 radical (unpaired) electrons. The van der Waals surface area contributed by atoms with E-state index in [2.05, 4.69) is 4.99 Å². The van der Waals surface area contributed by atoms with Crippen molar-refractivity contribution in [2.75, 3.05) is 5.73 Å². The number of anilines is 1. The average molecular weight is 217 g/mol. The molecule has 84 valence electrons.